The number of hydrogen-bond donors (Lipinski definition) is 4. The molecule has 8 heteroatoms. The normalized spacial score (nSPS) is 28.1. The van der Waals surface area contributed by atoms with E-state index in [1.54, 1.807) is 6.92 Å². The van der Waals surface area contributed by atoms with Gasteiger partial charge in [-0.1, -0.05) is 0 Å². The van der Waals surface area contributed by atoms with Crippen LogP contribution in [0.5, 0.6) is 0 Å². The van der Waals surface area contributed by atoms with Crippen molar-refractivity contribution in [3.05, 3.63) is 11.3 Å². The molecule has 0 radical (unpaired) electrons. The van der Waals surface area contributed by atoms with E-state index in [2.05, 4.69) is 17.1 Å². The topological polar surface area (TPSA) is 113 Å². The Balaban J connectivity index is 2.31. The van der Waals surface area contributed by atoms with E-state index < -0.39 is 24.0 Å². The van der Waals surface area contributed by atoms with Gasteiger partial charge in [-0.15, -0.1) is 0 Å². The van der Waals surface area contributed by atoms with Crippen molar-refractivity contribution in [3.8, 4) is 0 Å². The average Bonchev–Trinajstić information content (AvgIpc) is 2.72. The number of aliphatic hydroxyl groups excluding tert-OH is 2. The quantitative estimate of drug-likeness (QED) is 0.293. The molecule has 2 aliphatic rings. The number of nitrogens with two attached hydrogens (primary N) is 1. The van der Waals surface area contributed by atoms with Gasteiger partial charge in [0.15, 0.2) is 0 Å². The highest BCUT2D eigenvalue weighted by atomic mass is 32.1. The van der Waals surface area contributed by atoms with Crippen molar-refractivity contribution in [2.75, 3.05) is 6.61 Å². The lowest BCUT2D eigenvalue weighted by Gasteiger charge is -2.44. The van der Waals surface area contributed by atoms with Crippen LogP contribution in [0, 0.1) is 5.92 Å². The van der Waals surface area contributed by atoms with Crippen molar-refractivity contribution < 1.29 is 24.0 Å². The third-order valence-corrected chi connectivity index (χ3v) is 4.09. The smallest absolute Gasteiger partial charge is 0.366 e. The lowest BCUT2D eigenvalue weighted by atomic mass is 9.82. The number of β-lactam (4-membered cyclic amide) rings is 1. The molecule has 0 aromatic carbocycles. The second kappa shape index (κ2) is 5.72. The number of fused-ring (bicyclic) bond motifs is 1. The summed E-state index contributed by atoms with van der Waals surface area (Å²) in [5.41, 5.74) is 6.61. The van der Waals surface area contributed by atoms with Crippen molar-refractivity contribution in [3.63, 3.8) is 0 Å². The van der Waals surface area contributed by atoms with Crippen molar-refractivity contribution >= 4 is 24.8 Å². The van der Waals surface area contributed by atoms with E-state index in [-0.39, 0.29) is 30.7 Å². The monoisotopic (exact) mass is 302 g/mol. The van der Waals surface area contributed by atoms with Gasteiger partial charge in [-0.25, -0.2) is 4.79 Å². The Bertz CT molecular complexity index is 465. The van der Waals surface area contributed by atoms with Gasteiger partial charge in [0.05, 0.1) is 18.1 Å². The molecule has 0 saturated carbocycles. The molecule has 0 aromatic heterocycles. The van der Waals surface area contributed by atoms with Gasteiger partial charge in [0.25, 0.3) is 0 Å². The molecular weight excluding hydrogens is 284 g/mol. The Morgan fingerprint density at radius 3 is 2.80 bits per heavy atom. The molecule has 112 valence electrons. The summed E-state index contributed by atoms with van der Waals surface area (Å²) in [6, 6.07) is -0.805. The third kappa shape index (κ3) is 2.22. The zero-order valence-electron chi connectivity index (χ0n) is 11.0. The average molecular weight is 302 g/mol. The first kappa shape index (κ1) is 15.3. The molecule has 7 nitrogen and oxygen atoms in total. The van der Waals surface area contributed by atoms with Crippen LogP contribution in [-0.2, 0) is 13.8 Å². The van der Waals surface area contributed by atoms with Crippen molar-refractivity contribution in [2.24, 2.45) is 11.7 Å². The minimum atomic E-state index is -0.787. The molecule has 1 amide bonds. The number of amides is 1. The van der Waals surface area contributed by atoms with E-state index in [1.165, 1.54) is 4.90 Å². The second-order valence-corrected chi connectivity index (χ2v) is 5.30. The molecule has 4 atom stereocenters. The summed E-state index contributed by atoms with van der Waals surface area (Å²) in [5.74, 6) is -1.59. The Morgan fingerprint density at radius 1 is 1.65 bits per heavy atom. The molecule has 1 saturated heterocycles. The highest BCUT2D eigenvalue weighted by Gasteiger charge is 2.57. The number of thiol groups is 1. The Hall–Kier alpha value is -1.09. The van der Waals surface area contributed by atoms with Gasteiger partial charge < -0.3 is 25.0 Å². The number of carbonyl (C=O) groups excluding carboxylic acids is 2. The van der Waals surface area contributed by atoms with Crippen LogP contribution in [-0.4, -0.2) is 51.8 Å². The summed E-state index contributed by atoms with van der Waals surface area (Å²) < 4.78 is 4.41. The minimum absolute atomic E-state index is 0.104. The summed E-state index contributed by atoms with van der Waals surface area (Å²) >= 11 is 3.48. The molecule has 0 aromatic rings. The van der Waals surface area contributed by atoms with Crippen molar-refractivity contribution in [2.45, 2.75) is 38.0 Å². The van der Waals surface area contributed by atoms with E-state index in [1.807, 2.05) is 0 Å². The van der Waals surface area contributed by atoms with Crippen LogP contribution in [0.4, 0.5) is 0 Å². The molecule has 0 aliphatic carbocycles. The SMILES string of the molecule is C[C@@H](O)[C@H]1C(=O)N2C(C(=O)OS)=C(C(N)CCO)C[C@H]12. The van der Waals surface area contributed by atoms with Crippen LogP contribution < -0.4 is 5.73 Å². The van der Waals surface area contributed by atoms with Crippen LogP contribution in [0.15, 0.2) is 11.3 Å². The fraction of sp³-hybridized carbons (Fsp3) is 0.667. The summed E-state index contributed by atoms with van der Waals surface area (Å²) in [6.45, 7) is 1.43. The Morgan fingerprint density at radius 2 is 2.30 bits per heavy atom. The predicted molar refractivity (Wildman–Crippen MR) is 72.2 cm³/mol. The molecular formula is C12H18N2O5S. The number of rotatable bonds is 5. The first-order valence-electron chi connectivity index (χ1n) is 6.40. The van der Waals surface area contributed by atoms with Crippen LogP contribution in [0.3, 0.4) is 0 Å². The minimum Gasteiger partial charge on any atom is -0.396 e. The second-order valence-electron chi connectivity index (χ2n) is 5.12. The van der Waals surface area contributed by atoms with Gasteiger partial charge in [-0.2, -0.15) is 0 Å². The maximum absolute atomic E-state index is 12.1. The highest BCUT2D eigenvalue weighted by Crippen LogP contribution is 2.44. The van der Waals surface area contributed by atoms with Crippen molar-refractivity contribution in [1.29, 1.82) is 0 Å². The molecule has 2 heterocycles. The molecule has 2 aliphatic heterocycles. The Labute approximate surface area is 122 Å². The zero-order valence-corrected chi connectivity index (χ0v) is 11.9. The number of hydrogen-bond acceptors (Lipinski definition) is 7. The molecule has 4 N–H and O–H groups in total. The fourth-order valence-corrected chi connectivity index (χ4v) is 3.07. The summed E-state index contributed by atoms with van der Waals surface area (Å²) in [4.78, 5) is 25.2. The van der Waals surface area contributed by atoms with E-state index >= 15 is 0 Å². The number of nitrogens with zero attached hydrogens (tertiary/aromatic N) is 1. The lowest BCUT2D eigenvalue weighted by Crippen LogP contribution is -2.61. The highest BCUT2D eigenvalue weighted by molar-refractivity contribution is 7.75. The molecule has 1 fully saturated rings. The predicted octanol–water partition coefficient (Wildman–Crippen LogP) is -1.05. The van der Waals surface area contributed by atoms with Crippen molar-refractivity contribution in [1.82, 2.24) is 4.90 Å². The van der Waals surface area contributed by atoms with Crippen LogP contribution in [0.2, 0.25) is 0 Å². The third-order valence-electron chi connectivity index (χ3n) is 3.93. The molecule has 0 spiro atoms. The molecule has 1 unspecified atom stereocenters. The lowest BCUT2D eigenvalue weighted by molar-refractivity contribution is -0.160. The maximum Gasteiger partial charge on any atom is 0.366 e. The van der Waals surface area contributed by atoms with E-state index in [0.717, 1.165) is 0 Å². The van der Waals surface area contributed by atoms with Gasteiger partial charge in [0.2, 0.25) is 5.91 Å². The maximum atomic E-state index is 12.1. The van der Waals surface area contributed by atoms with Crippen LogP contribution in [0.25, 0.3) is 0 Å². The molecule has 0 bridgehead atoms. The first-order chi connectivity index (χ1) is 9.43. The van der Waals surface area contributed by atoms with Gasteiger partial charge in [-0.05, 0) is 25.3 Å². The van der Waals surface area contributed by atoms with Crippen LogP contribution in [0.1, 0.15) is 19.8 Å². The van der Waals surface area contributed by atoms with E-state index in [4.69, 9.17) is 10.8 Å². The van der Waals surface area contributed by atoms with E-state index in [0.29, 0.717) is 12.0 Å². The number of carbonyl (C=O) groups is 2. The standard InChI is InChI=1S/C12H18N2O5S/c1-5(16)9-8-4-6(7(13)2-3-15)10(12(18)19-20)14(8)11(9)17/h5,7-9,15-16,20H,2-4,13H2,1H3/t5-,7?,8-,9-/m1/s1. The largest absolute Gasteiger partial charge is 0.396 e. The van der Waals surface area contributed by atoms with Crippen LogP contribution >= 0.6 is 12.9 Å². The summed E-state index contributed by atoms with van der Waals surface area (Å²) in [5, 5.41) is 18.6. The van der Waals surface area contributed by atoms with Gasteiger partial charge in [0, 0.05) is 25.6 Å². The molecule has 20 heavy (non-hydrogen) atoms. The van der Waals surface area contributed by atoms with E-state index in [9.17, 15) is 14.7 Å². The number of aliphatic hydroxyl groups is 2. The van der Waals surface area contributed by atoms with Gasteiger partial charge in [-0.3, -0.25) is 4.79 Å². The zero-order chi connectivity index (χ0) is 15.0. The van der Waals surface area contributed by atoms with Gasteiger partial charge in [0.1, 0.15) is 5.70 Å². The summed E-state index contributed by atoms with van der Waals surface area (Å²) in [6.07, 6.45) is -0.0987. The fourth-order valence-electron chi connectivity index (χ4n) is 2.98. The summed E-state index contributed by atoms with van der Waals surface area (Å²) in [7, 11) is 0. The Kier molecular flexibility index (Phi) is 4.38. The molecule has 2 rings (SSSR count). The van der Waals surface area contributed by atoms with Gasteiger partial charge >= 0.3 is 5.97 Å². The first-order valence-corrected chi connectivity index (χ1v) is 6.76.